The van der Waals surface area contributed by atoms with Gasteiger partial charge in [-0.15, -0.1) is 0 Å². The molecule has 1 aliphatic heterocycles. The van der Waals surface area contributed by atoms with Crippen LogP contribution in [0.1, 0.15) is 45.0 Å². The maximum Gasteiger partial charge on any atom is 0.417 e. The number of hydrogen-bond donors (Lipinski definition) is 2. The van der Waals surface area contributed by atoms with Gasteiger partial charge in [-0.3, -0.25) is 0 Å². The fraction of sp³-hybridized carbons (Fsp3) is 0.207. The van der Waals surface area contributed by atoms with Gasteiger partial charge < -0.3 is 15.2 Å². The van der Waals surface area contributed by atoms with Gasteiger partial charge >= 0.3 is 12.1 Å². The van der Waals surface area contributed by atoms with Crippen LogP contribution in [0.4, 0.5) is 13.2 Å². The summed E-state index contributed by atoms with van der Waals surface area (Å²) in [5.41, 5.74) is 0.475. The standard InChI is InChI=1S/C29H24F3NO3/c30-29(31,32)26-14-19(12-13-24(26)28(34)35)25-15-21(36-27-11-4-3-10-23(25)27)17-33-16-20-8-5-7-18-6-1-2-9-22(18)20/h1-14,21,25,33H,15-17H2,(H,34,35). The molecule has 2 unspecified atom stereocenters. The molecular formula is C29H24F3NO3. The van der Waals surface area contributed by atoms with E-state index in [1.807, 2.05) is 42.5 Å². The number of fused-ring (bicyclic) bond motifs is 2. The molecule has 4 aromatic rings. The summed E-state index contributed by atoms with van der Waals surface area (Å²) in [5, 5.41) is 15.0. The van der Waals surface area contributed by atoms with Gasteiger partial charge in [-0.1, -0.05) is 66.7 Å². The minimum atomic E-state index is -4.77. The molecule has 36 heavy (non-hydrogen) atoms. The Morgan fingerprint density at radius 1 is 0.972 bits per heavy atom. The number of ether oxygens (including phenoxy) is 1. The van der Waals surface area contributed by atoms with Gasteiger partial charge in [0, 0.05) is 24.6 Å². The van der Waals surface area contributed by atoms with Crippen molar-refractivity contribution in [3.8, 4) is 5.75 Å². The van der Waals surface area contributed by atoms with Crippen LogP contribution in [-0.4, -0.2) is 23.7 Å². The number of carbonyl (C=O) groups is 1. The number of carboxylic acids is 1. The molecule has 4 nitrogen and oxygen atoms in total. The van der Waals surface area contributed by atoms with E-state index >= 15 is 0 Å². The summed E-state index contributed by atoms with van der Waals surface area (Å²) in [6, 6.07) is 25.1. The Bertz CT molecular complexity index is 1410. The van der Waals surface area contributed by atoms with E-state index in [0.717, 1.165) is 28.6 Å². The van der Waals surface area contributed by atoms with Crippen LogP contribution in [0.25, 0.3) is 10.8 Å². The summed E-state index contributed by atoms with van der Waals surface area (Å²) >= 11 is 0. The molecule has 4 aromatic carbocycles. The predicted molar refractivity (Wildman–Crippen MR) is 131 cm³/mol. The molecule has 0 spiro atoms. The minimum Gasteiger partial charge on any atom is -0.489 e. The lowest BCUT2D eigenvalue weighted by Gasteiger charge is -2.33. The van der Waals surface area contributed by atoms with Gasteiger partial charge in [-0.25, -0.2) is 4.79 Å². The summed E-state index contributed by atoms with van der Waals surface area (Å²) in [4.78, 5) is 11.4. The Morgan fingerprint density at radius 2 is 1.72 bits per heavy atom. The third kappa shape index (κ3) is 4.79. The number of aromatic carboxylic acids is 1. The number of alkyl halides is 3. The van der Waals surface area contributed by atoms with Gasteiger partial charge in [-0.05, 0) is 46.5 Å². The molecule has 0 saturated heterocycles. The first kappa shape index (κ1) is 23.9. The highest BCUT2D eigenvalue weighted by molar-refractivity contribution is 5.89. The van der Waals surface area contributed by atoms with Gasteiger partial charge in [-0.2, -0.15) is 13.2 Å². The van der Waals surface area contributed by atoms with Crippen LogP contribution in [-0.2, 0) is 12.7 Å². The summed E-state index contributed by atoms with van der Waals surface area (Å²) < 4.78 is 47.2. The Hall–Kier alpha value is -3.84. The molecular weight excluding hydrogens is 467 g/mol. The van der Waals surface area contributed by atoms with Crippen molar-refractivity contribution in [1.82, 2.24) is 5.32 Å². The lowest BCUT2D eigenvalue weighted by atomic mass is 9.83. The third-order valence-corrected chi connectivity index (χ3v) is 6.64. The Labute approximate surface area is 206 Å². The van der Waals surface area contributed by atoms with E-state index in [-0.39, 0.29) is 12.0 Å². The topological polar surface area (TPSA) is 58.6 Å². The van der Waals surface area contributed by atoms with Crippen LogP contribution in [0.3, 0.4) is 0 Å². The molecule has 5 rings (SSSR count). The number of para-hydroxylation sites is 1. The second-order valence-corrected chi connectivity index (χ2v) is 8.94. The highest BCUT2D eigenvalue weighted by atomic mass is 19.4. The van der Waals surface area contributed by atoms with Crippen molar-refractivity contribution in [1.29, 1.82) is 0 Å². The largest absolute Gasteiger partial charge is 0.489 e. The molecule has 7 heteroatoms. The first-order valence-electron chi connectivity index (χ1n) is 11.7. The number of hydrogen-bond acceptors (Lipinski definition) is 3. The maximum absolute atomic E-state index is 13.7. The van der Waals surface area contributed by atoms with Crippen molar-refractivity contribution in [2.24, 2.45) is 0 Å². The molecule has 1 heterocycles. The average Bonchev–Trinajstić information content (AvgIpc) is 2.87. The molecule has 2 N–H and O–H groups in total. The van der Waals surface area contributed by atoms with E-state index < -0.39 is 23.3 Å². The smallest absolute Gasteiger partial charge is 0.417 e. The Morgan fingerprint density at radius 3 is 2.53 bits per heavy atom. The Balaban J connectivity index is 1.39. The van der Waals surface area contributed by atoms with E-state index in [0.29, 0.717) is 30.8 Å². The summed E-state index contributed by atoms with van der Waals surface area (Å²) in [6.07, 6.45) is -4.58. The highest BCUT2D eigenvalue weighted by Crippen LogP contribution is 2.42. The number of nitrogens with one attached hydrogen (secondary N) is 1. The van der Waals surface area contributed by atoms with Gasteiger partial charge in [0.2, 0.25) is 0 Å². The van der Waals surface area contributed by atoms with E-state index in [1.54, 1.807) is 0 Å². The van der Waals surface area contributed by atoms with Crippen molar-refractivity contribution < 1.29 is 27.8 Å². The molecule has 0 aliphatic carbocycles. The second-order valence-electron chi connectivity index (χ2n) is 8.94. The van der Waals surface area contributed by atoms with Crippen LogP contribution in [0, 0.1) is 0 Å². The zero-order chi connectivity index (χ0) is 25.3. The molecule has 2 atom stereocenters. The number of halogens is 3. The average molecular weight is 492 g/mol. The first-order chi connectivity index (χ1) is 17.3. The number of benzene rings is 4. The van der Waals surface area contributed by atoms with Gasteiger partial charge in [0.1, 0.15) is 11.9 Å². The maximum atomic E-state index is 13.7. The van der Waals surface area contributed by atoms with E-state index in [1.165, 1.54) is 11.5 Å². The van der Waals surface area contributed by atoms with Gasteiger partial charge in [0.05, 0.1) is 11.1 Å². The molecule has 0 saturated carbocycles. The van der Waals surface area contributed by atoms with E-state index in [4.69, 9.17) is 4.74 Å². The van der Waals surface area contributed by atoms with Crippen molar-refractivity contribution >= 4 is 16.7 Å². The molecule has 184 valence electrons. The van der Waals surface area contributed by atoms with Crippen LogP contribution < -0.4 is 10.1 Å². The molecule has 0 aromatic heterocycles. The third-order valence-electron chi connectivity index (χ3n) is 6.64. The van der Waals surface area contributed by atoms with E-state index in [2.05, 4.69) is 29.6 Å². The monoisotopic (exact) mass is 491 g/mol. The first-order valence-corrected chi connectivity index (χ1v) is 11.7. The molecule has 0 radical (unpaired) electrons. The van der Waals surface area contributed by atoms with Crippen molar-refractivity contribution in [2.75, 3.05) is 6.54 Å². The molecule has 0 fully saturated rings. The van der Waals surface area contributed by atoms with Crippen LogP contribution >= 0.6 is 0 Å². The minimum absolute atomic E-state index is 0.270. The van der Waals surface area contributed by atoms with Gasteiger partial charge in [0.15, 0.2) is 0 Å². The van der Waals surface area contributed by atoms with Crippen LogP contribution in [0.2, 0.25) is 0 Å². The predicted octanol–water partition coefficient (Wildman–Crippen LogP) is 6.63. The summed E-state index contributed by atoms with van der Waals surface area (Å²) in [7, 11) is 0. The number of rotatable bonds is 6. The highest BCUT2D eigenvalue weighted by Gasteiger charge is 2.37. The fourth-order valence-corrected chi connectivity index (χ4v) is 4.95. The lowest BCUT2D eigenvalue weighted by molar-refractivity contribution is -0.138. The Kier molecular flexibility index (Phi) is 6.41. The number of carboxylic acid groups (broad SMARTS) is 1. The zero-order valence-corrected chi connectivity index (χ0v) is 19.3. The second kappa shape index (κ2) is 9.66. The lowest BCUT2D eigenvalue weighted by Crippen LogP contribution is -2.35. The zero-order valence-electron chi connectivity index (χ0n) is 19.3. The molecule has 0 bridgehead atoms. The summed E-state index contributed by atoms with van der Waals surface area (Å²) in [5.74, 6) is -1.33. The van der Waals surface area contributed by atoms with Crippen molar-refractivity contribution in [3.05, 3.63) is 113 Å². The summed E-state index contributed by atoms with van der Waals surface area (Å²) in [6.45, 7) is 1.13. The van der Waals surface area contributed by atoms with Crippen LogP contribution in [0.15, 0.2) is 84.9 Å². The van der Waals surface area contributed by atoms with Crippen molar-refractivity contribution in [3.63, 3.8) is 0 Å². The van der Waals surface area contributed by atoms with E-state index in [9.17, 15) is 23.1 Å². The normalized spacial score (nSPS) is 17.4. The SMILES string of the molecule is O=C(O)c1ccc(C2CC(CNCc3cccc4ccccc34)Oc3ccccc32)cc1C(F)(F)F. The molecule has 0 amide bonds. The fourth-order valence-electron chi connectivity index (χ4n) is 4.95. The van der Waals surface area contributed by atoms with Crippen LogP contribution in [0.5, 0.6) is 5.75 Å². The quantitative estimate of drug-likeness (QED) is 0.318. The van der Waals surface area contributed by atoms with Crippen molar-refractivity contribution in [2.45, 2.75) is 31.2 Å². The molecule has 1 aliphatic rings. The van der Waals surface area contributed by atoms with Gasteiger partial charge in [0.25, 0.3) is 0 Å².